The summed E-state index contributed by atoms with van der Waals surface area (Å²) < 4.78 is 5.10. The van der Waals surface area contributed by atoms with Crippen LogP contribution in [0.2, 0.25) is 5.02 Å². The van der Waals surface area contributed by atoms with Gasteiger partial charge in [0.05, 0.1) is 10.6 Å². The average molecular weight is 347 g/mol. The van der Waals surface area contributed by atoms with E-state index in [2.05, 4.69) is 5.32 Å². The molecule has 0 aliphatic carbocycles. The number of esters is 1. The maximum Gasteiger partial charge on any atom is 0.340 e. The Balaban J connectivity index is 1.98. The number of benzene rings is 2. The maximum atomic E-state index is 12.1. The molecule has 2 aromatic rings. The monoisotopic (exact) mass is 346 g/mol. The van der Waals surface area contributed by atoms with Crippen molar-refractivity contribution in [1.29, 1.82) is 0 Å². The second-order valence-electron chi connectivity index (χ2n) is 4.96. The number of amides is 2. The van der Waals surface area contributed by atoms with Gasteiger partial charge in [-0.25, -0.2) is 4.79 Å². The highest BCUT2D eigenvalue weighted by atomic mass is 35.5. The van der Waals surface area contributed by atoms with Gasteiger partial charge in [-0.15, -0.1) is 0 Å². The Hall–Kier alpha value is -2.86. The Kier molecular flexibility index (Phi) is 5.55. The van der Waals surface area contributed by atoms with Gasteiger partial charge in [0.25, 0.3) is 5.91 Å². The van der Waals surface area contributed by atoms with E-state index in [1.165, 1.54) is 37.3 Å². The standard InChI is InChI=1S/C17H15ClN2O4/c1-10(24-17(23)13-4-2-3-5-14(13)18)16(22)20-12-8-6-11(7-9-12)15(19)21/h2-10H,1H3,(H2,19,21)(H,20,22)/t10-/m0/s1. The molecule has 1 atom stereocenters. The molecular formula is C17H15ClN2O4. The summed E-state index contributed by atoms with van der Waals surface area (Å²) in [6, 6.07) is 12.4. The number of carbonyl (C=O) groups is 3. The maximum absolute atomic E-state index is 12.1. The Labute approximate surface area is 143 Å². The second-order valence-corrected chi connectivity index (χ2v) is 5.37. The molecule has 124 valence electrons. The summed E-state index contributed by atoms with van der Waals surface area (Å²) in [5.41, 5.74) is 6.10. The van der Waals surface area contributed by atoms with Gasteiger partial charge in [-0.3, -0.25) is 9.59 Å². The zero-order valence-corrected chi connectivity index (χ0v) is 13.5. The van der Waals surface area contributed by atoms with Gasteiger partial charge in [0, 0.05) is 11.3 Å². The van der Waals surface area contributed by atoms with Crippen LogP contribution < -0.4 is 11.1 Å². The highest BCUT2D eigenvalue weighted by Crippen LogP contribution is 2.17. The molecule has 0 spiro atoms. The molecule has 2 aromatic carbocycles. The van der Waals surface area contributed by atoms with Crippen molar-refractivity contribution in [2.45, 2.75) is 13.0 Å². The van der Waals surface area contributed by atoms with Crippen LogP contribution in [0, 0.1) is 0 Å². The Bertz CT molecular complexity index is 774. The third kappa shape index (κ3) is 4.33. The molecule has 2 amide bonds. The van der Waals surface area contributed by atoms with Crippen LogP contribution >= 0.6 is 11.6 Å². The average Bonchev–Trinajstić information content (AvgIpc) is 2.55. The van der Waals surface area contributed by atoms with Gasteiger partial charge in [0.15, 0.2) is 6.10 Å². The van der Waals surface area contributed by atoms with Gasteiger partial charge < -0.3 is 15.8 Å². The minimum Gasteiger partial charge on any atom is -0.449 e. The van der Waals surface area contributed by atoms with Gasteiger partial charge in [-0.2, -0.15) is 0 Å². The summed E-state index contributed by atoms with van der Waals surface area (Å²) in [4.78, 5) is 35.1. The van der Waals surface area contributed by atoms with Crippen LogP contribution in [0.15, 0.2) is 48.5 Å². The van der Waals surface area contributed by atoms with Crippen molar-refractivity contribution in [3.63, 3.8) is 0 Å². The number of halogens is 1. The van der Waals surface area contributed by atoms with Gasteiger partial charge in [-0.1, -0.05) is 23.7 Å². The largest absolute Gasteiger partial charge is 0.449 e. The van der Waals surface area contributed by atoms with Crippen LogP contribution in [0.3, 0.4) is 0 Å². The fourth-order valence-corrected chi connectivity index (χ4v) is 2.08. The third-order valence-electron chi connectivity index (χ3n) is 3.18. The molecule has 0 aromatic heterocycles. The first-order valence-corrected chi connectivity index (χ1v) is 7.42. The van der Waals surface area contributed by atoms with E-state index < -0.39 is 23.9 Å². The van der Waals surface area contributed by atoms with Crippen molar-refractivity contribution in [1.82, 2.24) is 0 Å². The highest BCUT2D eigenvalue weighted by molar-refractivity contribution is 6.33. The lowest BCUT2D eigenvalue weighted by Crippen LogP contribution is -2.30. The fraction of sp³-hybridized carbons (Fsp3) is 0.118. The molecule has 3 N–H and O–H groups in total. The molecule has 0 aliphatic heterocycles. The number of ether oxygens (including phenoxy) is 1. The van der Waals surface area contributed by atoms with Crippen LogP contribution in [-0.2, 0) is 9.53 Å². The van der Waals surface area contributed by atoms with E-state index in [4.69, 9.17) is 22.1 Å². The van der Waals surface area contributed by atoms with Crippen molar-refractivity contribution in [3.8, 4) is 0 Å². The lowest BCUT2D eigenvalue weighted by atomic mass is 10.2. The van der Waals surface area contributed by atoms with Crippen molar-refractivity contribution in [2.75, 3.05) is 5.32 Å². The summed E-state index contributed by atoms with van der Waals surface area (Å²) in [5, 5.41) is 2.83. The molecule has 0 unspecified atom stereocenters. The number of carbonyl (C=O) groups excluding carboxylic acids is 3. The molecule has 0 saturated carbocycles. The van der Waals surface area contributed by atoms with E-state index in [1.807, 2.05) is 0 Å². The molecular weight excluding hydrogens is 332 g/mol. The molecule has 0 aliphatic rings. The molecule has 0 fully saturated rings. The molecule has 6 nitrogen and oxygen atoms in total. The first-order chi connectivity index (χ1) is 11.4. The quantitative estimate of drug-likeness (QED) is 0.813. The Morgan fingerprint density at radius 2 is 1.71 bits per heavy atom. The number of nitrogens with two attached hydrogens (primary N) is 1. The fourth-order valence-electron chi connectivity index (χ4n) is 1.87. The summed E-state index contributed by atoms with van der Waals surface area (Å²) in [6.45, 7) is 1.45. The zero-order chi connectivity index (χ0) is 17.7. The molecule has 0 heterocycles. The summed E-state index contributed by atoms with van der Waals surface area (Å²) in [5.74, 6) is -1.76. The summed E-state index contributed by atoms with van der Waals surface area (Å²) in [6.07, 6.45) is -1.02. The van der Waals surface area contributed by atoms with Gasteiger partial charge in [0.1, 0.15) is 0 Å². The normalized spacial score (nSPS) is 11.4. The predicted molar refractivity (Wildman–Crippen MR) is 89.9 cm³/mol. The van der Waals surface area contributed by atoms with Crippen LogP contribution in [0.1, 0.15) is 27.6 Å². The SMILES string of the molecule is C[C@H](OC(=O)c1ccccc1Cl)C(=O)Nc1ccc(C(N)=O)cc1. The van der Waals surface area contributed by atoms with Crippen molar-refractivity contribution in [3.05, 3.63) is 64.7 Å². The minimum atomic E-state index is -1.02. The molecule has 7 heteroatoms. The first-order valence-electron chi connectivity index (χ1n) is 7.04. The number of hydrogen-bond acceptors (Lipinski definition) is 4. The predicted octanol–water partition coefficient (Wildman–Crippen LogP) is 2.62. The lowest BCUT2D eigenvalue weighted by molar-refractivity contribution is -0.123. The molecule has 2 rings (SSSR count). The molecule has 0 bridgehead atoms. The van der Waals surface area contributed by atoms with Crippen LogP contribution in [0.25, 0.3) is 0 Å². The second kappa shape index (κ2) is 7.61. The number of anilines is 1. The summed E-state index contributed by atoms with van der Waals surface area (Å²) >= 11 is 5.91. The molecule has 0 saturated heterocycles. The van der Waals surface area contributed by atoms with Crippen LogP contribution in [0.4, 0.5) is 5.69 Å². The molecule has 24 heavy (non-hydrogen) atoms. The van der Waals surface area contributed by atoms with Crippen molar-refractivity contribution in [2.24, 2.45) is 5.73 Å². The molecule has 0 radical (unpaired) electrons. The first kappa shape index (κ1) is 17.5. The number of nitrogens with one attached hydrogen (secondary N) is 1. The minimum absolute atomic E-state index is 0.185. The van der Waals surface area contributed by atoms with E-state index >= 15 is 0 Å². The van der Waals surface area contributed by atoms with Gasteiger partial charge in [0.2, 0.25) is 5.91 Å². The van der Waals surface area contributed by atoms with Gasteiger partial charge >= 0.3 is 5.97 Å². The lowest BCUT2D eigenvalue weighted by Gasteiger charge is -2.14. The van der Waals surface area contributed by atoms with Crippen molar-refractivity contribution >= 4 is 35.1 Å². The topological polar surface area (TPSA) is 98.5 Å². The highest BCUT2D eigenvalue weighted by Gasteiger charge is 2.20. The smallest absolute Gasteiger partial charge is 0.340 e. The van der Waals surface area contributed by atoms with Crippen molar-refractivity contribution < 1.29 is 19.1 Å². The van der Waals surface area contributed by atoms with E-state index in [-0.39, 0.29) is 10.6 Å². The number of primary amides is 1. The van der Waals surface area contributed by atoms with E-state index in [9.17, 15) is 14.4 Å². The van der Waals surface area contributed by atoms with E-state index in [0.29, 0.717) is 11.3 Å². The number of rotatable bonds is 5. The van der Waals surface area contributed by atoms with Gasteiger partial charge in [-0.05, 0) is 43.3 Å². The third-order valence-corrected chi connectivity index (χ3v) is 3.51. The van der Waals surface area contributed by atoms with E-state index in [0.717, 1.165) is 0 Å². The summed E-state index contributed by atoms with van der Waals surface area (Å²) in [7, 11) is 0. The van der Waals surface area contributed by atoms with Crippen LogP contribution in [-0.4, -0.2) is 23.9 Å². The van der Waals surface area contributed by atoms with Crippen LogP contribution in [0.5, 0.6) is 0 Å². The zero-order valence-electron chi connectivity index (χ0n) is 12.8. The number of hydrogen-bond donors (Lipinski definition) is 2. The Morgan fingerprint density at radius 1 is 1.08 bits per heavy atom. The Morgan fingerprint density at radius 3 is 2.29 bits per heavy atom. The van der Waals surface area contributed by atoms with E-state index in [1.54, 1.807) is 18.2 Å².